The van der Waals surface area contributed by atoms with Gasteiger partial charge in [0, 0.05) is 24.4 Å². The smallest absolute Gasteiger partial charge is 0.261 e. The van der Waals surface area contributed by atoms with Gasteiger partial charge in [-0.25, -0.2) is 0 Å². The Kier molecular flexibility index (Phi) is 5.63. The molecule has 1 saturated heterocycles. The highest BCUT2D eigenvalue weighted by molar-refractivity contribution is 7.99. The molecule has 1 saturated carbocycles. The standard InChI is InChI=1S/C27H27N3O4S/c31-24-18-8-2-3-9-19(18)25(32)30(24)22-12-6-4-10-20(22)26(33)29-21-11-5-1-7-17(21)15-23(29)27(34)28-13-14-35-16-28/h1-3,5,7-9,11,20,22-23H,4,6,10,12-16H2/t20-,22-,23+/m1/s1. The van der Waals surface area contributed by atoms with Gasteiger partial charge >= 0.3 is 0 Å². The Bertz CT molecular complexity index is 1190. The zero-order valence-electron chi connectivity index (χ0n) is 19.4. The number of nitrogens with zero attached hydrogens (tertiary/aromatic N) is 3. The number of rotatable bonds is 3. The SMILES string of the molecule is O=C([C@@H]1Cc2ccccc2N1C(=O)[C@@H]1CCCC[C@H]1N1C(=O)c2ccccc2C1=O)N1CCSC1. The molecule has 6 rings (SSSR count). The topological polar surface area (TPSA) is 78.0 Å². The molecule has 0 aromatic heterocycles. The number of imide groups is 1. The zero-order chi connectivity index (χ0) is 24.1. The van der Waals surface area contributed by atoms with Crippen LogP contribution in [-0.2, 0) is 16.0 Å². The van der Waals surface area contributed by atoms with Gasteiger partial charge in [0.15, 0.2) is 0 Å². The fourth-order valence-electron chi connectivity index (χ4n) is 6.05. The molecule has 7 nitrogen and oxygen atoms in total. The van der Waals surface area contributed by atoms with Gasteiger partial charge in [-0.15, -0.1) is 11.8 Å². The molecule has 2 fully saturated rings. The Morgan fingerprint density at radius 2 is 1.54 bits per heavy atom. The van der Waals surface area contributed by atoms with Crippen LogP contribution in [0.5, 0.6) is 0 Å². The summed E-state index contributed by atoms with van der Waals surface area (Å²) in [5.41, 5.74) is 2.56. The van der Waals surface area contributed by atoms with E-state index in [9.17, 15) is 19.2 Å². The fourth-order valence-corrected chi connectivity index (χ4v) is 7.01. The molecule has 3 atom stereocenters. The molecule has 35 heavy (non-hydrogen) atoms. The van der Waals surface area contributed by atoms with E-state index in [0.717, 1.165) is 29.8 Å². The lowest BCUT2D eigenvalue weighted by Crippen LogP contribution is -2.55. The molecule has 8 heteroatoms. The first kappa shape index (κ1) is 22.3. The van der Waals surface area contributed by atoms with Crippen LogP contribution in [0.4, 0.5) is 5.69 Å². The third kappa shape index (κ3) is 3.57. The number of fused-ring (bicyclic) bond motifs is 2. The quantitative estimate of drug-likeness (QED) is 0.618. The first-order valence-corrected chi connectivity index (χ1v) is 13.5. The third-order valence-corrected chi connectivity index (χ3v) is 8.73. The second-order valence-corrected chi connectivity index (χ2v) is 10.8. The van der Waals surface area contributed by atoms with Crippen LogP contribution in [0, 0.1) is 5.92 Å². The number of anilines is 1. The number of amides is 4. The normalized spacial score (nSPS) is 25.7. The second-order valence-electron chi connectivity index (χ2n) is 9.68. The van der Waals surface area contributed by atoms with Crippen molar-refractivity contribution < 1.29 is 19.2 Å². The largest absolute Gasteiger partial charge is 0.331 e. The van der Waals surface area contributed by atoms with Crippen LogP contribution in [0.25, 0.3) is 0 Å². The van der Waals surface area contributed by atoms with Crippen molar-refractivity contribution in [3.63, 3.8) is 0 Å². The minimum absolute atomic E-state index is 0.0207. The van der Waals surface area contributed by atoms with Crippen molar-refractivity contribution in [1.82, 2.24) is 9.80 Å². The molecular weight excluding hydrogens is 462 g/mol. The molecule has 0 unspecified atom stereocenters. The van der Waals surface area contributed by atoms with Gasteiger partial charge in [-0.1, -0.05) is 43.2 Å². The third-order valence-electron chi connectivity index (χ3n) is 7.77. The van der Waals surface area contributed by atoms with Crippen molar-refractivity contribution in [2.75, 3.05) is 23.1 Å². The van der Waals surface area contributed by atoms with E-state index in [1.807, 2.05) is 29.2 Å². The van der Waals surface area contributed by atoms with E-state index in [1.165, 1.54) is 4.90 Å². The van der Waals surface area contributed by atoms with Crippen LogP contribution in [0.15, 0.2) is 48.5 Å². The van der Waals surface area contributed by atoms with Crippen LogP contribution in [0.2, 0.25) is 0 Å². The highest BCUT2D eigenvalue weighted by Crippen LogP contribution is 2.40. The van der Waals surface area contributed by atoms with Gasteiger partial charge in [0.1, 0.15) is 6.04 Å². The Morgan fingerprint density at radius 1 is 0.857 bits per heavy atom. The van der Waals surface area contributed by atoms with Gasteiger partial charge in [-0.05, 0) is 36.6 Å². The number of hydrogen-bond acceptors (Lipinski definition) is 5. The number of hydrogen-bond donors (Lipinski definition) is 0. The molecule has 1 aliphatic carbocycles. The molecule has 0 bridgehead atoms. The Balaban J connectivity index is 1.34. The minimum atomic E-state index is -0.580. The second kappa shape index (κ2) is 8.82. The maximum absolute atomic E-state index is 14.2. The number of thioether (sulfide) groups is 1. The van der Waals surface area contributed by atoms with Crippen LogP contribution >= 0.6 is 11.8 Å². The average Bonchev–Trinajstić information content (AvgIpc) is 3.61. The Hall–Kier alpha value is -3.13. The highest BCUT2D eigenvalue weighted by Gasteiger charge is 2.49. The van der Waals surface area contributed by atoms with Crippen molar-refractivity contribution in [3.05, 3.63) is 65.2 Å². The molecule has 0 N–H and O–H groups in total. The van der Waals surface area contributed by atoms with Crippen LogP contribution < -0.4 is 4.90 Å². The van der Waals surface area contributed by atoms with Gasteiger partial charge in [0.05, 0.1) is 29.0 Å². The predicted octanol–water partition coefficient (Wildman–Crippen LogP) is 3.33. The van der Waals surface area contributed by atoms with Gasteiger partial charge in [0.25, 0.3) is 11.8 Å². The number of para-hydroxylation sites is 1. The number of benzene rings is 2. The molecule has 4 amide bonds. The van der Waals surface area contributed by atoms with Crippen molar-refractivity contribution in [2.24, 2.45) is 5.92 Å². The van der Waals surface area contributed by atoms with E-state index in [-0.39, 0.29) is 23.6 Å². The minimum Gasteiger partial charge on any atom is -0.331 e. The van der Waals surface area contributed by atoms with Crippen molar-refractivity contribution in [2.45, 2.75) is 44.2 Å². The summed E-state index contributed by atoms with van der Waals surface area (Å²) < 4.78 is 0. The molecule has 0 radical (unpaired) electrons. The zero-order valence-corrected chi connectivity index (χ0v) is 20.2. The van der Waals surface area contributed by atoms with Crippen molar-refractivity contribution in [3.8, 4) is 0 Å². The molecule has 0 spiro atoms. The summed E-state index contributed by atoms with van der Waals surface area (Å²) in [6.07, 6.45) is 3.39. The summed E-state index contributed by atoms with van der Waals surface area (Å²) in [4.78, 5) is 59.1. The van der Waals surface area contributed by atoms with Crippen molar-refractivity contribution >= 4 is 41.1 Å². The molecule has 2 aromatic carbocycles. The van der Waals surface area contributed by atoms with Gasteiger partial charge in [0.2, 0.25) is 11.8 Å². The molecular formula is C27H27N3O4S. The summed E-state index contributed by atoms with van der Waals surface area (Å²) in [7, 11) is 0. The molecule has 3 heterocycles. The monoisotopic (exact) mass is 489 g/mol. The lowest BCUT2D eigenvalue weighted by molar-refractivity contribution is -0.134. The average molecular weight is 490 g/mol. The maximum atomic E-state index is 14.2. The Morgan fingerprint density at radius 3 is 2.26 bits per heavy atom. The van der Waals surface area contributed by atoms with E-state index < -0.39 is 18.0 Å². The Labute approximate surface area is 208 Å². The lowest BCUT2D eigenvalue weighted by Gasteiger charge is -2.39. The summed E-state index contributed by atoms with van der Waals surface area (Å²) in [5, 5.41) is 0. The summed E-state index contributed by atoms with van der Waals surface area (Å²) in [6.45, 7) is 0.694. The lowest BCUT2D eigenvalue weighted by atomic mass is 9.82. The maximum Gasteiger partial charge on any atom is 0.261 e. The number of carbonyl (C=O) groups excluding carboxylic acids is 4. The fraction of sp³-hybridized carbons (Fsp3) is 0.407. The first-order valence-electron chi connectivity index (χ1n) is 12.3. The van der Waals surface area contributed by atoms with E-state index in [4.69, 9.17) is 0 Å². The van der Waals surface area contributed by atoms with Crippen LogP contribution in [0.3, 0.4) is 0 Å². The highest BCUT2D eigenvalue weighted by atomic mass is 32.2. The van der Waals surface area contributed by atoms with Gasteiger partial charge in [-0.2, -0.15) is 0 Å². The number of carbonyl (C=O) groups is 4. The first-order chi connectivity index (χ1) is 17.1. The molecule has 4 aliphatic rings. The van der Waals surface area contributed by atoms with E-state index >= 15 is 0 Å². The van der Waals surface area contributed by atoms with Crippen LogP contribution in [-0.4, -0.2) is 63.7 Å². The van der Waals surface area contributed by atoms with Gasteiger partial charge in [-0.3, -0.25) is 29.0 Å². The van der Waals surface area contributed by atoms with Gasteiger partial charge < -0.3 is 4.90 Å². The van der Waals surface area contributed by atoms with E-state index in [0.29, 0.717) is 42.8 Å². The molecule has 180 valence electrons. The summed E-state index contributed by atoms with van der Waals surface area (Å²) in [6, 6.07) is 13.5. The summed E-state index contributed by atoms with van der Waals surface area (Å²) >= 11 is 1.72. The van der Waals surface area contributed by atoms with Crippen LogP contribution in [0.1, 0.15) is 52.0 Å². The van der Waals surface area contributed by atoms with E-state index in [2.05, 4.69) is 0 Å². The van der Waals surface area contributed by atoms with Crippen molar-refractivity contribution in [1.29, 1.82) is 0 Å². The summed E-state index contributed by atoms with van der Waals surface area (Å²) in [5.74, 6) is 0.214. The molecule has 3 aliphatic heterocycles. The molecule has 2 aromatic rings. The van der Waals surface area contributed by atoms with E-state index in [1.54, 1.807) is 40.9 Å². The predicted molar refractivity (Wildman–Crippen MR) is 133 cm³/mol.